The summed E-state index contributed by atoms with van der Waals surface area (Å²) in [5.74, 6) is -1.37. The van der Waals surface area contributed by atoms with Crippen molar-refractivity contribution < 1.29 is 32.9 Å². The lowest BCUT2D eigenvalue weighted by atomic mass is 10.1. The molecule has 2 aromatic carbocycles. The summed E-state index contributed by atoms with van der Waals surface area (Å²) >= 11 is 0. The van der Waals surface area contributed by atoms with Crippen LogP contribution in [0, 0.1) is 11.2 Å². The van der Waals surface area contributed by atoms with Crippen molar-refractivity contribution in [3.05, 3.63) is 58.9 Å². The van der Waals surface area contributed by atoms with Gasteiger partial charge in [-0.25, -0.2) is 9.18 Å². The molecular weight excluding hydrogens is 481 g/mol. The molecule has 0 fully saturated rings. The fourth-order valence-electron chi connectivity index (χ4n) is 3.07. The molecule has 2 aromatic rings. The number of nitrogens with one attached hydrogen (secondary N) is 2. The van der Waals surface area contributed by atoms with E-state index in [-0.39, 0.29) is 49.3 Å². The fourth-order valence-corrected chi connectivity index (χ4v) is 3.07. The van der Waals surface area contributed by atoms with Crippen LogP contribution < -0.4 is 20.5 Å². The van der Waals surface area contributed by atoms with Gasteiger partial charge >= 0.3 is 5.97 Å². The number of amidine groups is 1. The van der Waals surface area contributed by atoms with Crippen LogP contribution in [-0.4, -0.2) is 44.1 Å². The Balaban J connectivity index is 0.00000612. The SMILES string of the molecule is CCOC(=O)C(C)Oc1cc(C(=N)N)ccc1CNC(=O)[C@H](OCC)c1ccc(OC)cc1F.Cl. The molecule has 9 nitrogen and oxygen atoms in total. The molecule has 0 aliphatic rings. The van der Waals surface area contributed by atoms with E-state index in [2.05, 4.69) is 5.32 Å². The normalized spacial score (nSPS) is 12.0. The van der Waals surface area contributed by atoms with Crippen LogP contribution in [0.15, 0.2) is 36.4 Å². The minimum atomic E-state index is -1.18. The number of esters is 1. The Hall–Kier alpha value is -3.37. The van der Waals surface area contributed by atoms with Gasteiger partial charge in [-0.05, 0) is 39.0 Å². The Kier molecular flexibility index (Phi) is 12.0. The Labute approximate surface area is 210 Å². The first kappa shape index (κ1) is 29.7. The van der Waals surface area contributed by atoms with Crippen LogP contribution in [0.5, 0.6) is 11.5 Å². The standard InChI is InChI=1S/C24H30FN3O6.ClH/c1-5-32-21(18-10-9-17(31-4)12-19(18)25)23(29)28-13-16-8-7-15(22(26)27)11-20(16)34-14(3)24(30)33-6-2;/h7-12,14,21H,5-6,13H2,1-4H3,(H3,26,27)(H,28,29);1H/t14?,21-;/m1./s1. The van der Waals surface area contributed by atoms with Gasteiger partial charge in [0.05, 0.1) is 13.7 Å². The molecule has 0 spiro atoms. The van der Waals surface area contributed by atoms with Gasteiger partial charge in [-0.15, -0.1) is 12.4 Å². The lowest BCUT2D eigenvalue weighted by molar-refractivity contribution is -0.150. The third-order valence-corrected chi connectivity index (χ3v) is 4.82. The zero-order valence-electron chi connectivity index (χ0n) is 20.1. The van der Waals surface area contributed by atoms with Crippen molar-refractivity contribution in [1.29, 1.82) is 5.41 Å². The number of methoxy groups -OCH3 is 1. The molecule has 1 amide bonds. The number of halogens is 2. The second-order valence-electron chi connectivity index (χ2n) is 7.19. The van der Waals surface area contributed by atoms with Crippen LogP contribution >= 0.6 is 12.4 Å². The highest BCUT2D eigenvalue weighted by Gasteiger charge is 2.25. The zero-order chi connectivity index (χ0) is 25.3. The van der Waals surface area contributed by atoms with Crippen LogP contribution in [0.25, 0.3) is 0 Å². The summed E-state index contributed by atoms with van der Waals surface area (Å²) in [6, 6.07) is 8.87. The molecule has 1 unspecified atom stereocenters. The van der Waals surface area contributed by atoms with Crippen LogP contribution in [-0.2, 0) is 25.6 Å². The molecule has 0 aromatic heterocycles. The minimum Gasteiger partial charge on any atom is -0.497 e. The molecule has 11 heteroatoms. The van der Waals surface area contributed by atoms with Gasteiger partial charge in [0, 0.05) is 35.9 Å². The van der Waals surface area contributed by atoms with Crippen LogP contribution in [0.3, 0.4) is 0 Å². The summed E-state index contributed by atoms with van der Waals surface area (Å²) in [7, 11) is 1.42. The van der Waals surface area contributed by atoms with Crippen molar-refractivity contribution in [2.45, 2.75) is 39.5 Å². The van der Waals surface area contributed by atoms with Crippen molar-refractivity contribution in [3.8, 4) is 11.5 Å². The van der Waals surface area contributed by atoms with Crippen molar-refractivity contribution in [1.82, 2.24) is 5.32 Å². The van der Waals surface area contributed by atoms with E-state index < -0.39 is 29.9 Å². The summed E-state index contributed by atoms with van der Waals surface area (Å²) < 4.78 is 35.8. The summed E-state index contributed by atoms with van der Waals surface area (Å²) in [5, 5.41) is 10.4. The van der Waals surface area contributed by atoms with Crippen molar-refractivity contribution in [2.75, 3.05) is 20.3 Å². The molecule has 35 heavy (non-hydrogen) atoms. The first-order valence-electron chi connectivity index (χ1n) is 10.7. The average molecular weight is 512 g/mol. The molecule has 0 bridgehead atoms. The van der Waals surface area contributed by atoms with Crippen LogP contribution in [0.2, 0.25) is 0 Å². The van der Waals surface area contributed by atoms with Gasteiger partial charge in [0.25, 0.3) is 5.91 Å². The number of ether oxygens (including phenoxy) is 4. The molecular formula is C24H31ClFN3O6. The van der Waals surface area contributed by atoms with Gasteiger partial charge in [0.15, 0.2) is 12.2 Å². The summed E-state index contributed by atoms with van der Waals surface area (Å²) in [6.07, 6.45) is -2.11. The fraction of sp³-hybridized carbons (Fsp3) is 0.375. The molecule has 2 atom stereocenters. The molecule has 0 aliphatic heterocycles. The lowest BCUT2D eigenvalue weighted by Crippen LogP contribution is -2.32. The van der Waals surface area contributed by atoms with Crippen molar-refractivity contribution in [2.24, 2.45) is 5.73 Å². The van der Waals surface area contributed by atoms with Crippen LogP contribution in [0.4, 0.5) is 4.39 Å². The van der Waals surface area contributed by atoms with E-state index in [4.69, 9.17) is 30.1 Å². The zero-order valence-corrected chi connectivity index (χ0v) is 20.9. The highest BCUT2D eigenvalue weighted by atomic mass is 35.5. The first-order valence-corrected chi connectivity index (χ1v) is 10.7. The Morgan fingerprint density at radius 1 is 1.14 bits per heavy atom. The molecule has 0 saturated heterocycles. The first-order chi connectivity index (χ1) is 16.2. The molecule has 0 aliphatic carbocycles. The van der Waals surface area contributed by atoms with E-state index in [1.165, 1.54) is 32.2 Å². The maximum atomic E-state index is 14.6. The maximum Gasteiger partial charge on any atom is 0.347 e. The predicted molar refractivity (Wildman–Crippen MR) is 131 cm³/mol. The quantitative estimate of drug-likeness (QED) is 0.226. The second-order valence-corrected chi connectivity index (χ2v) is 7.19. The van der Waals surface area contributed by atoms with E-state index in [9.17, 15) is 14.0 Å². The van der Waals surface area contributed by atoms with E-state index in [1.807, 2.05) is 0 Å². The van der Waals surface area contributed by atoms with Gasteiger partial charge in [-0.2, -0.15) is 0 Å². The van der Waals surface area contributed by atoms with Crippen molar-refractivity contribution >= 4 is 30.1 Å². The highest BCUT2D eigenvalue weighted by molar-refractivity contribution is 5.95. The molecule has 192 valence electrons. The van der Waals surface area contributed by atoms with Gasteiger partial charge in [0.2, 0.25) is 0 Å². The minimum absolute atomic E-state index is 0. The smallest absolute Gasteiger partial charge is 0.347 e. The van der Waals surface area contributed by atoms with Gasteiger partial charge in [-0.1, -0.05) is 12.1 Å². The Morgan fingerprint density at radius 3 is 2.43 bits per heavy atom. The number of hydrogen-bond acceptors (Lipinski definition) is 7. The number of rotatable bonds is 12. The van der Waals surface area contributed by atoms with Crippen molar-refractivity contribution in [3.63, 3.8) is 0 Å². The van der Waals surface area contributed by atoms with E-state index in [1.54, 1.807) is 32.0 Å². The summed E-state index contributed by atoms with van der Waals surface area (Å²) in [5.41, 5.74) is 6.54. The number of nitrogens with two attached hydrogens (primary N) is 1. The van der Waals surface area contributed by atoms with Gasteiger partial charge < -0.3 is 30.0 Å². The topological polar surface area (TPSA) is 133 Å². The summed E-state index contributed by atoms with van der Waals surface area (Å²) in [6.45, 7) is 5.28. The summed E-state index contributed by atoms with van der Waals surface area (Å²) in [4.78, 5) is 24.9. The Morgan fingerprint density at radius 2 is 1.86 bits per heavy atom. The maximum absolute atomic E-state index is 14.6. The van der Waals surface area contributed by atoms with E-state index in [0.717, 1.165) is 0 Å². The number of nitrogen functional groups attached to an aromatic ring is 1. The third kappa shape index (κ3) is 8.11. The third-order valence-electron chi connectivity index (χ3n) is 4.82. The largest absolute Gasteiger partial charge is 0.497 e. The number of carbonyl (C=O) groups is 2. The number of hydrogen-bond donors (Lipinski definition) is 3. The average Bonchev–Trinajstić information content (AvgIpc) is 2.81. The number of benzene rings is 2. The molecule has 4 N–H and O–H groups in total. The molecule has 0 heterocycles. The van der Waals surface area contributed by atoms with Crippen LogP contribution in [0.1, 0.15) is 43.6 Å². The predicted octanol–water partition coefficient (Wildman–Crippen LogP) is 3.26. The second kappa shape index (κ2) is 14.1. The number of amides is 1. The van der Waals surface area contributed by atoms with Gasteiger partial charge in [-0.3, -0.25) is 10.2 Å². The van der Waals surface area contributed by atoms with Gasteiger partial charge in [0.1, 0.15) is 23.2 Å². The molecule has 0 radical (unpaired) electrons. The molecule has 0 saturated carbocycles. The van der Waals surface area contributed by atoms with E-state index >= 15 is 0 Å². The number of carbonyl (C=O) groups excluding carboxylic acids is 2. The highest BCUT2D eigenvalue weighted by Crippen LogP contribution is 2.26. The van der Waals surface area contributed by atoms with E-state index in [0.29, 0.717) is 16.9 Å². The monoisotopic (exact) mass is 511 g/mol. The Bertz CT molecular complexity index is 1040. The molecule has 2 rings (SSSR count). The lowest BCUT2D eigenvalue weighted by Gasteiger charge is -2.20.